The Kier molecular flexibility index (Phi) is 15.0. The maximum Gasteiger partial charge on any atom is 0.258 e. The van der Waals surface area contributed by atoms with Crippen molar-refractivity contribution in [2.75, 3.05) is 26.2 Å². The fourth-order valence-electron chi connectivity index (χ4n) is 9.83. The number of benzene rings is 3. The lowest BCUT2D eigenvalue weighted by molar-refractivity contribution is -0.144. The van der Waals surface area contributed by atoms with Gasteiger partial charge in [0.25, 0.3) is 11.8 Å². The summed E-state index contributed by atoms with van der Waals surface area (Å²) in [6, 6.07) is 19.7. The van der Waals surface area contributed by atoms with E-state index in [1.54, 1.807) is 78.1 Å². The maximum atomic E-state index is 14.3. The summed E-state index contributed by atoms with van der Waals surface area (Å²) in [5.41, 5.74) is 9.11. The number of nitrogens with one attached hydrogen (secondary N) is 3. The number of hydrogen-bond donors (Lipinski definition) is 4. The number of aromatic nitrogens is 4. The molecule has 386 valence electrons. The van der Waals surface area contributed by atoms with Crippen LogP contribution < -0.4 is 20.7 Å². The highest BCUT2D eigenvalue weighted by Gasteiger charge is 2.45. The molecule has 0 saturated carbocycles. The Morgan fingerprint density at radius 3 is 2.34 bits per heavy atom. The minimum atomic E-state index is -1.08. The van der Waals surface area contributed by atoms with Crippen LogP contribution in [0, 0.1) is 40.0 Å². The molecule has 3 aromatic carbocycles. The molecule has 5 amide bonds. The summed E-state index contributed by atoms with van der Waals surface area (Å²) in [6.07, 6.45) is -0.329. The molecule has 3 aliphatic heterocycles. The molecule has 2 saturated heterocycles. The number of hydrogen-bond acceptors (Lipinski definition) is 13. The Balaban J connectivity index is 0.807. The summed E-state index contributed by atoms with van der Waals surface area (Å²) in [4.78, 5) is 84.4. The van der Waals surface area contributed by atoms with Crippen molar-refractivity contribution in [2.45, 2.75) is 111 Å². The van der Waals surface area contributed by atoms with Crippen LogP contribution in [-0.2, 0) is 25.7 Å². The molecular weight excluding hydrogens is 977 g/mol. The van der Waals surface area contributed by atoms with Crippen molar-refractivity contribution >= 4 is 57.9 Å². The van der Waals surface area contributed by atoms with E-state index in [4.69, 9.17) is 9.73 Å². The number of β-amino-alcohol motifs (C(OH)–C–C–N with tert-alkyl or cyclic N) is 1. The summed E-state index contributed by atoms with van der Waals surface area (Å²) < 4.78 is 8.02. The Labute approximate surface area is 438 Å². The third-order valence-electron chi connectivity index (χ3n) is 14.0. The number of aliphatic imine (C=N–C) groups is 1. The van der Waals surface area contributed by atoms with E-state index in [2.05, 4.69) is 69.2 Å². The van der Waals surface area contributed by atoms with Crippen LogP contribution in [0.2, 0.25) is 0 Å². The number of aliphatic hydroxyl groups is 1. The first-order valence-corrected chi connectivity index (χ1v) is 26.6. The van der Waals surface area contributed by atoms with E-state index in [0.29, 0.717) is 24.6 Å². The first-order valence-electron chi connectivity index (χ1n) is 24.9. The molecule has 6 heterocycles. The molecule has 0 bridgehead atoms. The van der Waals surface area contributed by atoms with Crippen molar-refractivity contribution in [3.8, 4) is 21.2 Å². The Morgan fingerprint density at radius 1 is 0.892 bits per heavy atom. The predicted molar refractivity (Wildman–Crippen MR) is 284 cm³/mol. The molecular formula is C55H62N10O7S2. The number of aliphatic hydroxyl groups excluding tert-OH is 1. The average Bonchev–Trinajstić information content (AvgIpc) is 4.23. The second-order valence-electron chi connectivity index (χ2n) is 20.5. The maximum absolute atomic E-state index is 14.3. The molecule has 0 aliphatic carbocycles. The number of carbonyl (C=O) groups excluding carboxylic acids is 5. The fourth-order valence-corrected chi connectivity index (χ4v) is 11.9. The van der Waals surface area contributed by atoms with Crippen LogP contribution in [0.15, 0.2) is 83.3 Å². The number of ether oxygens (including phenoxy) is 1. The molecule has 9 rings (SSSR count). The third kappa shape index (κ3) is 10.9. The summed E-state index contributed by atoms with van der Waals surface area (Å²) in [5, 5.41) is 29.6. The smallest absolute Gasteiger partial charge is 0.258 e. The van der Waals surface area contributed by atoms with Crippen molar-refractivity contribution in [3.63, 3.8) is 0 Å². The molecule has 4 N–H and O–H groups in total. The van der Waals surface area contributed by atoms with Gasteiger partial charge in [0.1, 0.15) is 34.7 Å². The largest absolute Gasteiger partial charge is 0.483 e. The van der Waals surface area contributed by atoms with Crippen LogP contribution >= 0.6 is 22.7 Å². The van der Waals surface area contributed by atoms with E-state index in [0.717, 1.165) is 54.7 Å². The average molecular weight is 1040 g/mol. The number of fused-ring (bicyclic) bond motifs is 3. The van der Waals surface area contributed by atoms with Crippen LogP contribution in [0.3, 0.4) is 0 Å². The van der Waals surface area contributed by atoms with Gasteiger partial charge in [-0.2, -0.15) is 0 Å². The first kappa shape index (κ1) is 51.8. The van der Waals surface area contributed by atoms with Crippen LogP contribution in [0.4, 0.5) is 0 Å². The highest BCUT2D eigenvalue weighted by molar-refractivity contribution is 7.15. The van der Waals surface area contributed by atoms with Gasteiger partial charge in [-0.15, -0.1) is 32.9 Å². The molecule has 3 aliphatic rings. The molecule has 74 heavy (non-hydrogen) atoms. The van der Waals surface area contributed by atoms with Crippen LogP contribution in [0.25, 0.3) is 15.4 Å². The number of amides is 5. The number of thiazole rings is 1. The molecule has 3 aromatic heterocycles. The SMILES string of the molecule is Cc1ccc(C2=NC(CC(=O)N[C@H]3CCN(C(=O)c4ccccc4OCC(=O)N[C@H](C(=O)N4CC(O)C[C@H]4C(=O)NCc4ccc(-c5scnc5C)cc4)C(C)(C)C)C3)c3nnc(C)n3-c3sc(C)c(C)c32)cc1. The van der Waals surface area contributed by atoms with Crippen molar-refractivity contribution in [2.24, 2.45) is 10.4 Å². The standard InChI is InChI=1S/C55H62N10O7S2/c1-30-13-17-36(18-14-30)47-46-31(2)33(4)74-54(46)65-34(5)61-62-50(65)41(59-47)24-44(67)58-38-21-22-63(26-38)52(70)40-11-9-10-12-43(40)72-28-45(68)60-49(55(6,7)8)53(71)64-27-39(66)23-42(64)51(69)56-25-35-15-19-37(20-16-35)48-32(3)57-29-73-48/h9-20,29,38-39,41-42,49,66H,21-28H2,1-8H3,(H,56,69)(H,58,67)(H,60,68)/t38-,39?,41?,42-,49+/m0/s1. The topological polar surface area (TPSA) is 213 Å². The van der Waals surface area contributed by atoms with Gasteiger partial charge < -0.3 is 35.6 Å². The van der Waals surface area contributed by atoms with Crippen molar-refractivity contribution < 1.29 is 33.8 Å². The highest BCUT2D eigenvalue weighted by Crippen LogP contribution is 2.40. The Hall–Kier alpha value is -7.09. The number of carbonyl (C=O) groups is 5. The second-order valence-corrected chi connectivity index (χ2v) is 22.6. The van der Waals surface area contributed by atoms with Gasteiger partial charge in [-0.05, 0) is 75.3 Å². The van der Waals surface area contributed by atoms with Crippen molar-refractivity contribution in [3.05, 3.63) is 134 Å². The zero-order valence-electron chi connectivity index (χ0n) is 42.9. The van der Waals surface area contributed by atoms with E-state index < -0.39 is 54.0 Å². The van der Waals surface area contributed by atoms with Crippen LogP contribution in [0.5, 0.6) is 5.75 Å². The van der Waals surface area contributed by atoms with E-state index in [-0.39, 0.29) is 61.6 Å². The minimum Gasteiger partial charge on any atom is -0.483 e. The third-order valence-corrected chi connectivity index (χ3v) is 16.1. The van der Waals surface area contributed by atoms with E-state index in [1.807, 2.05) is 49.6 Å². The predicted octanol–water partition coefficient (Wildman–Crippen LogP) is 6.50. The molecule has 5 atom stereocenters. The van der Waals surface area contributed by atoms with Gasteiger partial charge in [-0.1, -0.05) is 87.0 Å². The quantitative estimate of drug-likeness (QED) is 0.0931. The van der Waals surface area contributed by atoms with Crippen molar-refractivity contribution in [1.29, 1.82) is 0 Å². The summed E-state index contributed by atoms with van der Waals surface area (Å²) >= 11 is 3.22. The van der Waals surface area contributed by atoms with Crippen LogP contribution in [0.1, 0.15) is 106 Å². The van der Waals surface area contributed by atoms with Gasteiger partial charge in [0.2, 0.25) is 17.7 Å². The number of thiophene rings is 1. The lowest BCUT2D eigenvalue weighted by atomic mass is 9.85. The minimum absolute atomic E-state index is 0.0199. The van der Waals surface area contributed by atoms with Crippen molar-refractivity contribution in [1.82, 2.24) is 45.5 Å². The Morgan fingerprint density at radius 2 is 1.62 bits per heavy atom. The number of rotatable bonds is 14. The molecule has 2 fully saturated rings. The molecule has 0 radical (unpaired) electrons. The number of aryl methyl sites for hydroxylation is 4. The number of para-hydroxylation sites is 1. The van der Waals surface area contributed by atoms with E-state index in [1.165, 1.54) is 9.78 Å². The number of likely N-dealkylation sites (tertiary alicyclic amines) is 2. The second kappa shape index (κ2) is 21.4. The van der Waals surface area contributed by atoms with Gasteiger partial charge in [0.05, 0.1) is 39.9 Å². The van der Waals surface area contributed by atoms with Crippen LogP contribution in [-0.4, -0.2) is 120 Å². The summed E-state index contributed by atoms with van der Waals surface area (Å²) in [5.74, 6) is -0.596. The normalized spacial score (nSPS) is 18.7. The van der Waals surface area contributed by atoms with Gasteiger partial charge in [0, 0.05) is 54.6 Å². The summed E-state index contributed by atoms with van der Waals surface area (Å²) in [6.45, 7) is 15.8. The molecule has 19 heteroatoms. The van der Waals surface area contributed by atoms with Gasteiger partial charge in [-0.25, -0.2) is 4.98 Å². The lowest BCUT2D eigenvalue weighted by Gasteiger charge is -2.35. The van der Waals surface area contributed by atoms with Gasteiger partial charge >= 0.3 is 0 Å². The number of nitrogens with zero attached hydrogens (tertiary/aromatic N) is 7. The van der Waals surface area contributed by atoms with Gasteiger partial charge in [-0.3, -0.25) is 33.5 Å². The fraction of sp³-hybridized carbons (Fsp3) is 0.400. The van der Waals surface area contributed by atoms with Gasteiger partial charge in [0.15, 0.2) is 12.4 Å². The Bertz CT molecular complexity index is 3140. The molecule has 6 aromatic rings. The summed E-state index contributed by atoms with van der Waals surface area (Å²) in [7, 11) is 0. The molecule has 17 nitrogen and oxygen atoms in total. The lowest BCUT2D eigenvalue weighted by Crippen LogP contribution is -2.58. The zero-order chi connectivity index (χ0) is 52.6. The highest BCUT2D eigenvalue weighted by atomic mass is 32.1. The monoisotopic (exact) mass is 1040 g/mol. The molecule has 2 unspecified atom stereocenters. The first-order chi connectivity index (χ1) is 35.3. The van der Waals surface area contributed by atoms with E-state index >= 15 is 0 Å². The van der Waals surface area contributed by atoms with E-state index in [9.17, 15) is 29.1 Å². The molecule has 0 spiro atoms. The zero-order valence-corrected chi connectivity index (χ0v) is 44.5.